The number of aromatic nitrogens is 2. The lowest BCUT2D eigenvalue weighted by Gasteiger charge is -1.98. The van der Waals surface area contributed by atoms with Gasteiger partial charge in [-0.15, -0.1) is 0 Å². The number of aryl methyl sites for hydroxylation is 1. The Morgan fingerprint density at radius 3 is 2.63 bits per heavy atom. The minimum atomic E-state index is 0.658. The average molecular weight is 312 g/mol. The highest BCUT2D eigenvalue weighted by Crippen LogP contribution is 2.23. The fourth-order valence-electron chi connectivity index (χ4n) is 1.96. The average Bonchev–Trinajstić information content (AvgIpc) is 2.82. The number of halogens is 1. The molecule has 0 aliphatic heterocycles. The standard InChI is InChI=1S/C15H10BrN3/c1-10-6-15-18-14(9-19(15)8-13(10)16)12-4-2-11(7-17)3-5-12/h2-6,8-9H,1H3. The van der Waals surface area contributed by atoms with Crippen molar-refractivity contribution >= 4 is 21.6 Å². The maximum Gasteiger partial charge on any atom is 0.137 e. The van der Waals surface area contributed by atoms with Crippen LogP contribution >= 0.6 is 15.9 Å². The molecule has 0 saturated heterocycles. The van der Waals surface area contributed by atoms with Crippen LogP contribution in [0.25, 0.3) is 16.9 Å². The van der Waals surface area contributed by atoms with Gasteiger partial charge in [-0.2, -0.15) is 5.26 Å². The molecule has 3 nitrogen and oxygen atoms in total. The zero-order valence-corrected chi connectivity index (χ0v) is 11.8. The molecule has 3 aromatic rings. The first-order valence-corrected chi connectivity index (χ1v) is 6.62. The number of fused-ring (bicyclic) bond motifs is 1. The van der Waals surface area contributed by atoms with Gasteiger partial charge in [-0.3, -0.25) is 0 Å². The summed E-state index contributed by atoms with van der Waals surface area (Å²) in [5.41, 5.74) is 4.65. The normalized spacial score (nSPS) is 10.6. The number of hydrogen-bond acceptors (Lipinski definition) is 2. The van der Waals surface area contributed by atoms with E-state index in [1.54, 1.807) is 12.1 Å². The van der Waals surface area contributed by atoms with Gasteiger partial charge in [0.2, 0.25) is 0 Å². The van der Waals surface area contributed by atoms with E-state index in [0.717, 1.165) is 26.9 Å². The monoisotopic (exact) mass is 311 g/mol. The molecular formula is C15H10BrN3. The van der Waals surface area contributed by atoms with Gasteiger partial charge in [-0.05, 0) is 46.6 Å². The summed E-state index contributed by atoms with van der Waals surface area (Å²) in [6, 6.07) is 11.6. The van der Waals surface area contributed by atoms with Crippen LogP contribution in [0.5, 0.6) is 0 Å². The van der Waals surface area contributed by atoms with Crippen LogP contribution < -0.4 is 0 Å². The third-order valence-electron chi connectivity index (χ3n) is 3.05. The van der Waals surface area contributed by atoms with Crippen LogP contribution in [-0.2, 0) is 0 Å². The molecule has 0 N–H and O–H groups in total. The number of nitrogens with zero attached hydrogens (tertiary/aromatic N) is 3. The predicted octanol–water partition coefficient (Wildman–Crippen LogP) is 3.94. The predicted molar refractivity (Wildman–Crippen MR) is 77.8 cm³/mol. The molecule has 0 atom stereocenters. The second kappa shape index (κ2) is 4.52. The molecule has 0 spiro atoms. The van der Waals surface area contributed by atoms with Crippen molar-refractivity contribution in [3.63, 3.8) is 0 Å². The summed E-state index contributed by atoms with van der Waals surface area (Å²) in [4.78, 5) is 4.60. The Labute approximate surface area is 119 Å². The summed E-state index contributed by atoms with van der Waals surface area (Å²) in [6.07, 6.45) is 3.99. The van der Waals surface area contributed by atoms with Gasteiger partial charge in [0, 0.05) is 22.4 Å². The molecule has 0 bridgehead atoms. The Morgan fingerprint density at radius 2 is 1.95 bits per heavy atom. The summed E-state index contributed by atoms with van der Waals surface area (Å²) >= 11 is 3.52. The van der Waals surface area contributed by atoms with Gasteiger partial charge in [0.1, 0.15) is 5.65 Å². The number of pyridine rings is 1. The molecule has 0 aliphatic carbocycles. The molecule has 0 aliphatic rings. The highest BCUT2D eigenvalue weighted by Gasteiger charge is 2.06. The van der Waals surface area contributed by atoms with E-state index in [1.807, 2.05) is 41.9 Å². The van der Waals surface area contributed by atoms with Gasteiger partial charge in [0.15, 0.2) is 0 Å². The molecule has 0 fully saturated rings. The van der Waals surface area contributed by atoms with Crippen molar-refractivity contribution in [3.05, 3.63) is 58.3 Å². The zero-order chi connectivity index (χ0) is 13.4. The van der Waals surface area contributed by atoms with Crippen molar-refractivity contribution < 1.29 is 0 Å². The van der Waals surface area contributed by atoms with Crippen LogP contribution in [0.1, 0.15) is 11.1 Å². The van der Waals surface area contributed by atoms with Crippen molar-refractivity contribution in [2.24, 2.45) is 0 Å². The first kappa shape index (κ1) is 11.9. The van der Waals surface area contributed by atoms with E-state index in [2.05, 4.69) is 27.0 Å². The number of rotatable bonds is 1. The molecule has 19 heavy (non-hydrogen) atoms. The van der Waals surface area contributed by atoms with Crippen molar-refractivity contribution in [1.29, 1.82) is 5.26 Å². The molecule has 0 unspecified atom stereocenters. The second-order valence-corrected chi connectivity index (χ2v) is 5.24. The Morgan fingerprint density at radius 1 is 1.21 bits per heavy atom. The van der Waals surface area contributed by atoms with E-state index in [9.17, 15) is 0 Å². The van der Waals surface area contributed by atoms with Gasteiger partial charge in [0.25, 0.3) is 0 Å². The molecule has 0 saturated carbocycles. The van der Waals surface area contributed by atoms with Crippen molar-refractivity contribution in [3.8, 4) is 17.3 Å². The topological polar surface area (TPSA) is 41.1 Å². The zero-order valence-electron chi connectivity index (χ0n) is 10.3. The quantitative estimate of drug-likeness (QED) is 0.683. The third-order valence-corrected chi connectivity index (χ3v) is 3.88. The van der Waals surface area contributed by atoms with Crippen LogP contribution in [0.2, 0.25) is 0 Å². The van der Waals surface area contributed by atoms with E-state index >= 15 is 0 Å². The van der Waals surface area contributed by atoms with Crippen molar-refractivity contribution in [2.75, 3.05) is 0 Å². The summed E-state index contributed by atoms with van der Waals surface area (Å²) in [5.74, 6) is 0. The van der Waals surface area contributed by atoms with Crippen LogP contribution in [0, 0.1) is 18.3 Å². The van der Waals surface area contributed by atoms with Gasteiger partial charge in [0.05, 0.1) is 17.3 Å². The first-order valence-electron chi connectivity index (χ1n) is 5.83. The van der Waals surface area contributed by atoms with Gasteiger partial charge in [-0.1, -0.05) is 12.1 Å². The van der Waals surface area contributed by atoms with Gasteiger partial charge >= 0.3 is 0 Å². The third kappa shape index (κ3) is 2.13. The molecule has 2 heterocycles. The molecule has 0 amide bonds. The molecule has 4 heteroatoms. The summed E-state index contributed by atoms with van der Waals surface area (Å²) < 4.78 is 3.05. The lowest BCUT2D eigenvalue weighted by atomic mass is 10.1. The summed E-state index contributed by atoms with van der Waals surface area (Å²) in [6.45, 7) is 2.04. The molecular weight excluding hydrogens is 302 g/mol. The largest absolute Gasteiger partial charge is 0.305 e. The Balaban J connectivity index is 2.12. The molecule has 2 aromatic heterocycles. The van der Waals surface area contributed by atoms with Crippen LogP contribution in [0.3, 0.4) is 0 Å². The summed E-state index contributed by atoms with van der Waals surface area (Å²) in [5, 5.41) is 8.80. The van der Waals surface area contributed by atoms with Crippen LogP contribution in [0.4, 0.5) is 0 Å². The lowest BCUT2D eigenvalue weighted by molar-refractivity contribution is 1.16. The fraction of sp³-hybridized carbons (Fsp3) is 0.0667. The number of hydrogen-bond donors (Lipinski definition) is 0. The highest BCUT2D eigenvalue weighted by molar-refractivity contribution is 9.10. The smallest absolute Gasteiger partial charge is 0.137 e. The van der Waals surface area contributed by atoms with Gasteiger partial charge in [-0.25, -0.2) is 4.98 Å². The Bertz CT molecular complexity index is 756. The first-order chi connectivity index (χ1) is 9.17. The SMILES string of the molecule is Cc1cc2nc(-c3ccc(C#N)cc3)cn2cc1Br. The minimum absolute atomic E-state index is 0.658. The Hall–Kier alpha value is -2.12. The maximum atomic E-state index is 8.80. The van der Waals surface area contributed by atoms with E-state index in [1.165, 1.54) is 0 Å². The van der Waals surface area contributed by atoms with E-state index < -0.39 is 0 Å². The molecule has 92 valence electrons. The molecule has 1 aromatic carbocycles. The molecule has 0 radical (unpaired) electrons. The highest BCUT2D eigenvalue weighted by atomic mass is 79.9. The van der Waals surface area contributed by atoms with E-state index in [-0.39, 0.29) is 0 Å². The second-order valence-electron chi connectivity index (χ2n) is 4.39. The lowest BCUT2D eigenvalue weighted by Crippen LogP contribution is -1.85. The maximum absolute atomic E-state index is 8.80. The Kier molecular flexibility index (Phi) is 2.84. The van der Waals surface area contributed by atoms with Crippen LogP contribution in [0.15, 0.2) is 47.2 Å². The van der Waals surface area contributed by atoms with Gasteiger partial charge < -0.3 is 4.40 Å². The summed E-state index contributed by atoms with van der Waals surface area (Å²) in [7, 11) is 0. The molecule has 3 rings (SSSR count). The number of nitriles is 1. The van der Waals surface area contributed by atoms with Crippen molar-refractivity contribution in [2.45, 2.75) is 6.92 Å². The fourth-order valence-corrected chi connectivity index (χ4v) is 2.29. The number of benzene rings is 1. The van der Waals surface area contributed by atoms with Crippen molar-refractivity contribution in [1.82, 2.24) is 9.38 Å². The van der Waals surface area contributed by atoms with E-state index in [4.69, 9.17) is 5.26 Å². The van der Waals surface area contributed by atoms with Crippen LogP contribution in [-0.4, -0.2) is 9.38 Å². The van der Waals surface area contributed by atoms with E-state index in [0.29, 0.717) is 5.56 Å². The number of imidazole rings is 1. The minimum Gasteiger partial charge on any atom is -0.305 e.